The first kappa shape index (κ1) is 12.3. The molecule has 1 aromatic rings. The number of hydrogen-bond donors (Lipinski definition) is 1. The molecule has 0 radical (unpaired) electrons. The van der Waals surface area contributed by atoms with Crippen LogP contribution < -0.4 is 5.32 Å². The maximum absolute atomic E-state index is 5.30. The molecule has 1 rings (SSSR count). The van der Waals surface area contributed by atoms with Crippen LogP contribution in [0.1, 0.15) is 45.3 Å². The lowest BCUT2D eigenvalue weighted by Gasteiger charge is -2.16. The minimum absolute atomic E-state index is 0.690. The third-order valence-corrected chi connectivity index (χ3v) is 2.66. The molecule has 0 saturated heterocycles. The zero-order chi connectivity index (χ0) is 10.9. The van der Waals surface area contributed by atoms with E-state index >= 15 is 0 Å². The molecule has 0 amide bonds. The van der Waals surface area contributed by atoms with Gasteiger partial charge in [0.2, 0.25) is 0 Å². The van der Waals surface area contributed by atoms with E-state index in [0.29, 0.717) is 6.04 Å². The molecule has 0 aliphatic heterocycles. The Labute approximate surface area is 93.1 Å². The van der Waals surface area contributed by atoms with Gasteiger partial charge in [-0.1, -0.05) is 26.7 Å². The second kappa shape index (κ2) is 7.52. The predicted molar refractivity (Wildman–Crippen MR) is 64.0 cm³/mol. The van der Waals surface area contributed by atoms with Crippen molar-refractivity contribution in [1.29, 1.82) is 0 Å². The Kier molecular flexibility index (Phi) is 6.17. The third-order valence-electron chi connectivity index (χ3n) is 2.66. The van der Waals surface area contributed by atoms with E-state index in [0.717, 1.165) is 18.7 Å². The van der Waals surface area contributed by atoms with Crippen LogP contribution in [0.3, 0.4) is 0 Å². The van der Waals surface area contributed by atoms with Crippen LogP contribution in [0.25, 0.3) is 0 Å². The van der Waals surface area contributed by atoms with E-state index in [-0.39, 0.29) is 0 Å². The largest absolute Gasteiger partial charge is 0.469 e. The first-order valence-corrected chi connectivity index (χ1v) is 6.12. The van der Waals surface area contributed by atoms with E-state index in [4.69, 9.17) is 4.42 Å². The normalized spacial score (nSPS) is 11.1. The van der Waals surface area contributed by atoms with Crippen molar-refractivity contribution >= 4 is 0 Å². The Morgan fingerprint density at radius 3 is 2.53 bits per heavy atom. The zero-order valence-corrected chi connectivity index (χ0v) is 9.96. The molecule has 2 heteroatoms. The van der Waals surface area contributed by atoms with Gasteiger partial charge in [-0.25, -0.2) is 0 Å². The highest BCUT2D eigenvalue weighted by Gasteiger charge is 2.05. The second-order valence-electron chi connectivity index (χ2n) is 4.06. The van der Waals surface area contributed by atoms with Crippen molar-refractivity contribution in [3.8, 4) is 0 Å². The standard InChI is InChI=1S/C13H23NO/c1-3-6-12(7-4-2)14-10-9-13-8-5-11-15-13/h5,8,11-12,14H,3-4,6-7,9-10H2,1-2H3. The van der Waals surface area contributed by atoms with E-state index in [2.05, 4.69) is 19.2 Å². The third kappa shape index (κ3) is 5.03. The van der Waals surface area contributed by atoms with E-state index in [1.807, 2.05) is 12.1 Å². The van der Waals surface area contributed by atoms with Gasteiger partial charge in [-0.05, 0) is 25.0 Å². The predicted octanol–water partition coefficient (Wildman–Crippen LogP) is 3.38. The number of rotatable bonds is 8. The molecular weight excluding hydrogens is 186 g/mol. The van der Waals surface area contributed by atoms with Crippen LogP contribution in [0.5, 0.6) is 0 Å². The molecule has 1 aromatic heterocycles. The molecule has 0 fully saturated rings. The van der Waals surface area contributed by atoms with Gasteiger partial charge in [0.1, 0.15) is 5.76 Å². The Morgan fingerprint density at radius 2 is 2.00 bits per heavy atom. The first-order valence-electron chi connectivity index (χ1n) is 6.12. The van der Waals surface area contributed by atoms with Gasteiger partial charge in [-0.3, -0.25) is 0 Å². The molecular formula is C13H23NO. The van der Waals surface area contributed by atoms with Crippen LogP contribution in [-0.4, -0.2) is 12.6 Å². The number of hydrogen-bond acceptors (Lipinski definition) is 2. The maximum Gasteiger partial charge on any atom is 0.105 e. The average molecular weight is 209 g/mol. The molecule has 0 saturated carbocycles. The van der Waals surface area contributed by atoms with Crippen LogP contribution in [0, 0.1) is 0 Å². The first-order chi connectivity index (χ1) is 7.36. The molecule has 0 bridgehead atoms. The summed E-state index contributed by atoms with van der Waals surface area (Å²) in [5.41, 5.74) is 0. The Bertz CT molecular complexity index is 225. The van der Waals surface area contributed by atoms with Crippen LogP contribution in [0.15, 0.2) is 22.8 Å². The Hall–Kier alpha value is -0.760. The Morgan fingerprint density at radius 1 is 1.27 bits per heavy atom. The zero-order valence-electron chi connectivity index (χ0n) is 9.96. The fourth-order valence-electron chi connectivity index (χ4n) is 1.90. The summed E-state index contributed by atoms with van der Waals surface area (Å²) in [5, 5.41) is 3.60. The molecule has 0 aliphatic rings. The molecule has 15 heavy (non-hydrogen) atoms. The molecule has 2 nitrogen and oxygen atoms in total. The van der Waals surface area contributed by atoms with E-state index < -0.39 is 0 Å². The highest BCUT2D eigenvalue weighted by molar-refractivity contribution is 4.98. The van der Waals surface area contributed by atoms with Crippen molar-refractivity contribution in [2.24, 2.45) is 0 Å². The lowest BCUT2D eigenvalue weighted by Crippen LogP contribution is -2.30. The molecule has 0 unspecified atom stereocenters. The van der Waals surface area contributed by atoms with Crippen molar-refractivity contribution < 1.29 is 4.42 Å². The molecule has 0 aromatic carbocycles. The molecule has 0 aliphatic carbocycles. The Balaban J connectivity index is 2.15. The van der Waals surface area contributed by atoms with Crippen LogP contribution in [-0.2, 0) is 6.42 Å². The van der Waals surface area contributed by atoms with Gasteiger partial charge in [0.05, 0.1) is 6.26 Å². The molecule has 86 valence electrons. The smallest absolute Gasteiger partial charge is 0.105 e. The summed E-state index contributed by atoms with van der Waals surface area (Å²) >= 11 is 0. The van der Waals surface area contributed by atoms with Crippen molar-refractivity contribution in [2.45, 2.75) is 52.0 Å². The maximum atomic E-state index is 5.30. The van der Waals surface area contributed by atoms with Gasteiger partial charge < -0.3 is 9.73 Å². The van der Waals surface area contributed by atoms with Gasteiger partial charge in [0, 0.05) is 19.0 Å². The number of furan rings is 1. The van der Waals surface area contributed by atoms with Crippen LogP contribution >= 0.6 is 0 Å². The fourth-order valence-corrected chi connectivity index (χ4v) is 1.90. The summed E-state index contributed by atoms with van der Waals surface area (Å²) in [7, 11) is 0. The molecule has 1 N–H and O–H groups in total. The van der Waals surface area contributed by atoms with Gasteiger partial charge in [0.25, 0.3) is 0 Å². The van der Waals surface area contributed by atoms with E-state index in [9.17, 15) is 0 Å². The highest BCUT2D eigenvalue weighted by Crippen LogP contribution is 2.05. The number of nitrogens with one attached hydrogen (secondary N) is 1. The summed E-state index contributed by atoms with van der Waals surface area (Å²) < 4.78 is 5.30. The van der Waals surface area contributed by atoms with Gasteiger partial charge in [-0.15, -0.1) is 0 Å². The van der Waals surface area contributed by atoms with Crippen molar-refractivity contribution in [3.63, 3.8) is 0 Å². The lowest BCUT2D eigenvalue weighted by atomic mass is 10.1. The minimum atomic E-state index is 0.690. The summed E-state index contributed by atoms with van der Waals surface area (Å²) in [6.45, 7) is 5.52. The van der Waals surface area contributed by atoms with Gasteiger partial charge in [-0.2, -0.15) is 0 Å². The monoisotopic (exact) mass is 209 g/mol. The van der Waals surface area contributed by atoms with Crippen molar-refractivity contribution in [1.82, 2.24) is 5.32 Å². The molecule has 1 heterocycles. The van der Waals surface area contributed by atoms with E-state index in [1.165, 1.54) is 25.7 Å². The highest BCUT2D eigenvalue weighted by atomic mass is 16.3. The summed E-state index contributed by atoms with van der Waals surface area (Å²) in [5.74, 6) is 1.08. The summed E-state index contributed by atoms with van der Waals surface area (Å²) in [6.07, 6.45) is 7.83. The van der Waals surface area contributed by atoms with E-state index in [1.54, 1.807) is 6.26 Å². The van der Waals surface area contributed by atoms with Crippen LogP contribution in [0.4, 0.5) is 0 Å². The second-order valence-corrected chi connectivity index (χ2v) is 4.06. The molecule has 0 spiro atoms. The average Bonchev–Trinajstić information content (AvgIpc) is 2.71. The quantitative estimate of drug-likeness (QED) is 0.710. The van der Waals surface area contributed by atoms with Gasteiger partial charge in [0.15, 0.2) is 0 Å². The molecule has 0 atom stereocenters. The SMILES string of the molecule is CCCC(CCC)NCCc1ccco1. The van der Waals surface area contributed by atoms with Crippen LogP contribution in [0.2, 0.25) is 0 Å². The lowest BCUT2D eigenvalue weighted by molar-refractivity contribution is 0.431. The fraction of sp³-hybridized carbons (Fsp3) is 0.692. The summed E-state index contributed by atoms with van der Waals surface area (Å²) in [6, 6.07) is 4.68. The van der Waals surface area contributed by atoms with Crippen molar-refractivity contribution in [3.05, 3.63) is 24.2 Å². The topological polar surface area (TPSA) is 25.2 Å². The summed E-state index contributed by atoms with van der Waals surface area (Å²) in [4.78, 5) is 0. The minimum Gasteiger partial charge on any atom is -0.469 e. The van der Waals surface area contributed by atoms with Crippen molar-refractivity contribution in [2.75, 3.05) is 6.54 Å². The van der Waals surface area contributed by atoms with Gasteiger partial charge >= 0.3 is 0 Å².